The van der Waals surface area contributed by atoms with Crippen molar-refractivity contribution in [2.24, 2.45) is 0 Å². The lowest BCUT2D eigenvalue weighted by atomic mass is 9.99. The minimum absolute atomic E-state index is 0.264. The van der Waals surface area contributed by atoms with Crippen LogP contribution in [0.15, 0.2) is 0 Å². The number of carbonyl (C=O) groups is 1. The minimum atomic E-state index is -5.10. The second kappa shape index (κ2) is 27.7. The number of aliphatic hydroxyl groups is 5. The lowest BCUT2D eigenvalue weighted by molar-refractivity contribution is -0.298. The van der Waals surface area contributed by atoms with Gasteiger partial charge in [0.05, 0.1) is 25.4 Å². The maximum absolute atomic E-state index is 13.0. The smallest absolute Gasteiger partial charge is 0.394 e. The van der Waals surface area contributed by atoms with Crippen LogP contribution >= 0.6 is 0 Å². The maximum atomic E-state index is 13.0. The zero-order valence-electron chi connectivity index (χ0n) is 30.1. The van der Waals surface area contributed by atoms with Crippen molar-refractivity contribution in [3.63, 3.8) is 0 Å². The third-order valence-corrected chi connectivity index (χ3v) is 9.74. The molecule has 7 N–H and O–H groups in total. The predicted molar refractivity (Wildman–Crippen MR) is 187 cm³/mol. The molecule has 8 unspecified atom stereocenters. The van der Waals surface area contributed by atoms with Gasteiger partial charge in [-0.1, -0.05) is 142 Å². The number of unbranched alkanes of at least 4 members (excludes halogenated alkanes) is 18. The molecule has 49 heavy (non-hydrogen) atoms. The van der Waals surface area contributed by atoms with Crippen molar-refractivity contribution in [2.75, 3.05) is 13.2 Å². The van der Waals surface area contributed by atoms with E-state index in [4.69, 9.17) is 14.0 Å². The van der Waals surface area contributed by atoms with Crippen LogP contribution in [0.25, 0.3) is 0 Å². The molecule has 0 bridgehead atoms. The third-order valence-electron chi connectivity index (χ3n) is 9.27. The molecule has 1 saturated heterocycles. The van der Waals surface area contributed by atoms with Crippen LogP contribution in [-0.4, -0.2) is 107 Å². The summed E-state index contributed by atoms with van der Waals surface area (Å²) in [6.45, 7) is 3.19. The van der Waals surface area contributed by atoms with E-state index in [-0.39, 0.29) is 6.42 Å². The van der Waals surface area contributed by atoms with Crippen molar-refractivity contribution in [2.45, 2.75) is 204 Å². The normalized spacial score (nSPS) is 23.3. The van der Waals surface area contributed by atoms with Gasteiger partial charge in [-0.25, -0.2) is 4.18 Å². The highest BCUT2D eigenvalue weighted by molar-refractivity contribution is 7.80. The molecule has 1 heterocycles. The van der Waals surface area contributed by atoms with Crippen LogP contribution in [0.5, 0.6) is 0 Å². The Hall–Kier alpha value is -0.940. The molecule has 13 nitrogen and oxygen atoms in total. The summed E-state index contributed by atoms with van der Waals surface area (Å²) in [5.41, 5.74) is 0. The Morgan fingerprint density at radius 3 is 1.63 bits per heavy atom. The van der Waals surface area contributed by atoms with Gasteiger partial charge in [0.2, 0.25) is 5.91 Å². The van der Waals surface area contributed by atoms with Crippen molar-refractivity contribution < 1.29 is 57.0 Å². The number of aliphatic hydroxyl groups excluding tert-OH is 5. The predicted octanol–water partition coefficient (Wildman–Crippen LogP) is 4.46. The Morgan fingerprint density at radius 2 is 1.18 bits per heavy atom. The van der Waals surface area contributed by atoms with E-state index >= 15 is 0 Å². The van der Waals surface area contributed by atoms with Crippen molar-refractivity contribution in [3.8, 4) is 0 Å². The van der Waals surface area contributed by atoms with Gasteiger partial charge in [0.15, 0.2) is 6.29 Å². The van der Waals surface area contributed by atoms with Gasteiger partial charge in [-0.05, 0) is 12.8 Å². The summed E-state index contributed by atoms with van der Waals surface area (Å²) in [6, 6.07) is -1.02. The highest BCUT2D eigenvalue weighted by Crippen LogP contribution is 2.26. The van der Waals surface area contributed by atoms with E-state index in [0.29, 0.717) is 19.3 Å². The standard InChI is InChI=1S/C35H69NO12S/c1-3-5-7-9-11-13-14-16-18-20-22-24-29(39)34(42)36-27(28(38)23-21-19-17-15-12-10-8-6-4-2)26-46-35-32(41)33(48-49(43,44)45)31(40)30(25-37)47-35/h27-33,35,37-41H,3-26H2,1-2H3,(H,36,42)(H,43,44,45). The van der Waals surface area contributed by atoms with Gasteiger partial charge in [-0.15, -0.1) is 0 Å². The second-order valence-electron chi connectivity index (χ2n) is 13.7. The first-order valence-electron chi connectivity index (χ1n) is 19.0. The molecule has 0 aromatic heterocycles. The molecule has 0 aromatic rings. The van der Waals surface area contributed by atoms with E-state index in [2.05, 4.69) is 23.3 Å². The molecule has 0 aromatic carbocycles. The van der Waals surface area contributed by atoms with Crippen LogP contribution in [-0.2, 0) is 28.9 Å². The third kappa shape index (κ3) is 21.2. The van der Waals surface area contributed by atoms with E-state index in [9.17, 15) is 38.7 Å². The van der Waals surface area contributed by atoms with Gasteiger partial charge < -0.3 is 40.3 Å². The molecule has 1 aliphatic heterocycles. The molecule has 0 saturated carbocycles. The molecule has 1 fully saturated rings. The highest BCUT2D eigenvalue weighted by Gasteiger charge is 2.48. The summed E-state index contributed by atoms with van der Waals surface area (Å²) < 4.78 is 47.2. The average Bonchev–Trinajstić information content (AvgIpc) is 3.06. The number of hydrogen-bond acceptors (Lipinski definition) is 11. The largest absolute Gasteiger partial charge is 0.397 e. The minimum Gasteiger partial charge on any atom is -0.394 e. The molecule has 8 atom stereocenters. The lowest BCUT2D eigenvalue weighted by Gasteiger charge is -2.41. The van der Waals surface area contributed by atoms with Crippen LogP contribution in [0.2, 0.25) is 0 Å². The van der Waals surface area contributed by atoms with Crippen molar-refractivity contribution in [1.29, 1.82) is 0 Å². The summed E-state index contributed by atoms with van der Waals surface area (Å²) in [4.78, 5) is 13.0. The van der Waals surface area contributed by atoms with Crippen LogP contribution in [0.3, 0.4) is 0 Å². The summed E-state index contributed by atoms with van der Waals surface area (Å²) in [5, 5.41) is 54.8. The first-order valence-corrected chi connectivity index (χ1v) is 20.4. The Labute approximate surface area is 295 Å². The molecule has 0 radical (unpaired) electrons. The van der Waals surface area contributed by atoms with E-state index in [1.807, 2.05) is 0 Å². The number of amides is 1. The van der Waals surface area contributed by atoms with Crippen LogP contribution < -0.4 is 5.32 Å². The quantitative estimate of drug-likeness (QED) is 0.0390. The van der Waals surface area contributed by atoms with Crippen LogP contribution in [0.4, 0.5) is 0 Å². The summed E-state index contributed by atoms with van der Waals surface area (Å²) >= 11 is 0. The average molecular weight is 728 g/mol. The molecule has 1 rings (SSSR count). The Morgan fingerprint density at radius 1 is 0.735 bits per heavy atom. The van der Waals surface area contributed by atoms with Gasteiger partial charge in [0, 0.05) is 0 Å². The molecular formula is C35H69NO12S. The maximum Gasteiger partial charge on any atom is 0.397 e. The van der Waals surface area contributed by atoms with E-state index in [0.717, 1.165) is 38.5 Å². The summed E-state index contributed by atoms with van der Waals surface area (Å²) in [7, 11) is -5.10. The molecule has 0 spiro atoms. The number of hydrogen-bond donors (Lipinski definition) is 7. The van der Waals surface area contributed by atoms with Gasteiger partial charge in [0.25, 0.3) is 0 Å². The number of nitrogens with one attached hydrogen (secondary N) is 1. The molecular weight excluding hydrogens is 658 g/mol. The number of ether oxygens (including phenoxy) is 2. The van der Waals surface area contributed by atoms with Crippen LogP contribution in [0.1, 0.15) is 155 Å². The lowest BCUT2D eigenvalue weighted by Crippen LogP contribution is -2.61. The zero-order chi connectivity index (χ0) is 36.5. The van der Waals surface area contributed by atoms with Gasteiger partial charge in [-0.3, -0.25) is 9.35 Å². The Kier molecular flexibility index (Phi) is 26.0. The highest BCUT2D eigenvalue weighted by atomic mass is 32.3. The number of carbonyl (C=O) groups excluding carboxylic acids is 1. The molecule has 14 heteroatoms. The van der Waals surface area contributed by atoms with E-state index < -0.39 is 78.5 Å². The summed E-state index contributed by atoms with van der Waals surface area (Å²) in [5.74, 6) is -0.673. The monoisotopic (exact) mass is 727 g/mol. The first-order chi connectivity index (χ1) is 23.4. The van der Waals surface area contributed by atoms with E-state index in [1.165, 1.54) is 77.0 Å². The SMILES string of the molecule is CCCCCCCCCCCCCC(O)C(=O)NC(COC1OC(CO)C(O)C(OS(=O)(=O)O)C1O)C(O)CCCCCCCCCCC. The molecule has 1 amide bonds. The second-order valence-corrected chi connectivity index (χ2v) is 14.7. The van der Waals surface area contributed by atoms with Crippen molar-refractivity contribution in [1.82, 2.24) is 5.32 Å². The Bertz CT molecular complexity index is 926. The zero-order valence-corrected chi connectivity index (χ0v) is 30.9. The van der Waals surface area contributed by atoms with Gasteiger partial charge in [0.1, 0.15) is 30.5 Å². The fraction of sp³-hybridized carbons (Fsp3) is 0.971. The van der Waals surface area contributed by atoms with Gasteiger partial charge in [-0.2, -0.15) is 8.42 Å². The van der Waals surface area contributed by atoms with Crippen molar-refractivity contribution in [3.05, 3.63) is 0 Å². The molecule has 292 valence electrons. The topological polar surface area (TPSA) is 212 Å². The van der Waals surface area contributed by atoms with Crippen molar-refractivity contribution >= 4 is 16.3 Å². The van der Waals surface area contributed by atoms with Crippen LogP contribution in [0, 0.1) is 0 Å². The molecule has 0 aliphatic carbocycles. The number of rotatable bonds is 31. The first kappa shape index (κ1) is 46.1. The van der Waals surface area contributed by atoms with E-state index in [1.54, 1.807) is 0 Å². The fourth-order valence-corrected chi connectivity index (χ4v) is 6.68. The van der Waals surface area contributed by atoms with Gasteiger partial charge >= 0.3 is 10.4 Å². The Balaban J connectivity index is 2.68. The molecule has 1 aliphatic rings. The fourth-order valence-electron chi connectivity index (χ4n) is 6.17. The summed E-state index contributed by atoms with van der Waals surface area (Å²) in [6.07, 6.45) is 11.8.